The number of nitrogens with zero attached hydrogens (tertiary/aromatic N) is 1. The van der Waals surface area contributed by atoms with Crippen LogP contribution in [0.25, 0.3) is 10.9 Å². The van der Waals surface area contributed by atoms with Crippen molar-refractivity contribution >= 4 is 22.6 Å². The monoisotopic (exact) mass is 286 g/mol. The number of benzene rings is 1. The van der Waals surface area contributed by atoms with Crippen LogP contribution in [0.1, 0.15) is 32.4 Å². The predicted octanol–water partition coefficient (Wildman–Crippen LogP) is 3.85. The first-order valence-corrected chi connectivity index (χ1v) is 7.36. The molecule has 0 aliphatic carbocycles. The minimum atomic E-state index is -0.741. The van der Waals surface area contributed by atoms with Gasteiger partial charge < -0.3 is 10.4 Å². The molecule has 0 bridgehead atoms. The molecule has 1 aromatic carbocycles. The number of para-hydroxylation sites is 1. The first-order chi connectivity index (χ1) is 10.0. The van der Waals surface area contributed by atoms with E-state index in [2.05, 4.69) is 10.3 Å². The van der Waals surface area contributed by atoms with Gasteiger partial charge in [0.05, 0.1) is 10.9 Å². The smallest absolute Gasteiger partial charge is 0.311 e. The lowest BCUT2D eigenvalue weighted by atomic mass is 9.82. The van der Waals surface area contributed by atoms with Gasteiger partial charge in [0.15, 0.2) is 0 Å². The molecule has 2 aromatic rings. The molecule has 1 heterocycles. The normalized spacial score (nSPS) is 11.6. The highest BCUT2D eigenvalue weighted by Crippen LogP contribution is 2.29. The number of carbonyl (C=O) groups is 1. The van der Waals surface area contributed by atoms with Crippen molar-refractivity contribution in [3.05, 3.63) is 36.0 Å². The zero-order chi connectivity index (χ0) is 15.5. The van der Waals surface area contributed by atoms with E-state index in [1.807, 2.05) is 51.1 Å². The second-order valence-electron chi connectivity index (χ2n) is 5.47. The molecule has 0 atom stereocenters. The highest BCUT2D eigenvalue weighted by molar-refractivity contribution is 5.91. The Balaban J connectivity index is 2.34. The third kappa shape index (κ3) is 2.99. The van der Waals surface area contributed by atoms with Crippen molar-refractivity contribution in [3.8, 4) is 0 Å². The number of aliphatic carboxylic acids is 1. The summed E-state index contributed by atoms with van der Waals surface area (Å²) >= 11 is 0. The molecule has 4 nitrogen and oxygen atoms in total. The summed E-state index contributed by atoms with van der Waals surface area (Å²) in [6.45, 7) is 6.22. The van der Waals surface area contributed by atoms with Crippen LogP contribution in [-0.4, -0.2) is 22.6 Å². The van der Waals surface area contributed by atoms with Crippen LogP contribution in [0.3, 0.4) is 0 Å². The van der Waals surface area contributed by atoms with Crippen LogP contribution >= 0.6 is 0 Å². The number of rotatable bonds is 6. The fraction of sp³-hybridized carbons (Fsp3) is 0.412. The maximum Gasteiger partial charge on any atom is 0.311 e. The fourth-order valence-electron chi connectivity index (χ4n) is 2.60. The van der Waals surface area contributed by atoms with Crippen LogP contribution in [0.4, 0.5) is 5.69 Å². The SMILES string of the molecule is CCC(CC)(CNc1cc(C)nc2ccccc12)C(=O)O. The standard InChI is InChI=1S/C17H22N2O2/c1-4-17(5-2,16(20)21)11-18-15-10-12(3)19-14-9-7-6-8-13(14)15/h6-10H,4-5,11H2,1-3H3,(H,18,19)(H,20,21). The quantitative estimate of drug-likeness (QED) is 0.846. The molecule has 0 fully saturated rings. The molecule has 0 aliphatic rings. The second kappa shape index (κ2) is 6.12. The van der Waals surface area contributed by atoms with Gasteiger partial charge in [-0.15, -0.1) is 0 Å². The van der Waals surface area contributed by atoms with Gasteiger partial charge >= 0.3 is 5.97 Å². The Hall–Kier alpha value is -2.10. The van der Waals surface area contributed by atoms with E-state index in [9.17, 15) is 9.90 Å². The highest BCUT2D eigenvalue weighted by atomic mass is 16.4. The molecule has 21 heavy (non-hydrogen) atoms. The third-order valence-corrected chi connectivity index (χ3v) is 4.27. The largest absolute Gasteiger partial charge is 0.481 e. The van der Waals surface area contributed by atoms with E-state index in [0.29, 0.717) is 19.4 Å². The molecular weight excluding hydrogens is 264 g/mol. The highest BCUT2D eigenvalue weighted by Gasteiger charge is 2.34. The maximum absolute atomic E-state index is 11.6. The van der Waals surface area contributed by atoms with Gasteiger partial charge in [-0.1, -0.05) is 32.0 Å². The lowest BCUT2D eigenvalue weighted by Gasteiger charge is -2.27. The summed E-state index contributed by atoms with van der Waals surface area (Å²) in [6, 6.07) is 9.87. The topological polar surface area (TPSA) is 62.2 Å². The number of fused-ring (bicyclic) bond motifs is 1. The Morgan fingerprint density at radius 2 is 1.95 bits per heavy atom. The van der Waals surface area contributed by atoms with E-state index in [1.54, 1.807) is 0 Å². The minimum absolute atomic E-state index is 0.419. The summed E-state index contributed by atoms with van der Waals surface area (Å²) in [5.41, 5.74) is 2.07. The number of anilines is 1. The first-order valence-electron chi connectivity index (χ1n) is 7.36. The van der Waals surface area contributed by atoms with Crippen LogP contribution < -0.4 is 5.32 Å². The van der Waals surface area contributed by atoms with E-state index in [-0.39, 0.29) is 0 Å². The molecular formula is C17H22N2O2. The minimum Gasteiger partial charge on any atom is -0.481 e. The van der Waals surface area contributed by atoms with Gasteiger partial charge in [-0.05, 0) is 31.9 Å². The maximum atomic E-state index is 11.6. The Kier molecular flexibility index (Phi) is 4.46. The summed E-state index contributed by atoms with van der Waals surface area (Å²) in [4.78, 5) is 16.1. The van der Waals surface area contributed by atoms with Crippen LogP contribution in [0.15, 0.2) is 30.3 Å². The van der Waals surface area contributed by atoms with Crippen molar-refractivity contribution < 1.29 is 9.90 Å². The molecule has 0 spiro atoms. The number of carboxylic acid groups (broad SMARTS) is 1. The summed E-state index contributed by atoms with van der Waals surface area (Å²) in [6.07, 6.45) is 1.21. The van der Waals surface area contributed by atoms with Gasteiger partial charge in [0, 0.05) is 23.3 Å². The van der Waals surface area contributed by atoms with Gasteiger partial charge in [-0.3, -0.25) is 9.78 Å². The molecule has 112 valence electrons. The number of pyridine rings is 1. The van der Waals surface area contributed by atoms with E-state index in [1.165, 1.54) is 0 Å². The number of nitrogens with one attached hydrogen (secondary N) is 1. The molecule has 2 N–H and O–H groups in total. The van der Waals surface area contributed by atoms with Crippen molar-refractivity contribution in [1.29, 1.82) is 0 Å². The Bertz CT molecular complexity index is 648. The summed E-state index contributed by atoms with van der Waals surface area (Å²) in [7, 11) is 0. The average molecular weight is 286 g/mol. The van der Waals surface area contributed by atoms with E-state index >= 15 is 0 Å². The molecule has 0 radical (unpaired) electrons. The van der Waals surface area contributed by atoms with Crippen molar-refractivity contribution in [1.82, 2.24) is 4.98 Å². The van der Waals surface area contributed by atoms with Crippen molar-refractivity contribution in [3.63, 3.8) is 0 Å². The Labute approximate surface area is 125 Å². The fourth-order valence-corrected chi connectivity index (χ4v) is 2.60. The second-order valence-corrected chi connectivity index (χ2v) is 5.47. The molecule has 2 rings (SSSR count). The average Bonchev–Trinajstić information content (AvgIpc) is 2.48. The van der Waals surface area contributed by atoms with Gasteiger partial charge in [0.25, 0.3) is 0 Å². The molecule has 0 saturated carbocycles. The molecule has 4 heteroatoms. The number of hydrogen-bond acceptors (Lipinski definition) is 3. The van der Waals surface area contributed by atoms with Crippen LogP contribution in [-0.2, 0) is 4.79 Å². The van der Waals surface area contributed by atoms with Gasteiger partial charge in [0.1, 0.15) is 0 Å². The zero-order valence-corrected chi connectivity index (χ0v) is 12.8. The van der Waals surface area contributed by atoms with E-state index in [4.69, 9.17) is 0 Å². The van der Waals surface area contributed by atoms with Gasteiger partial charge in [-0.2, -0.15) is 0 Å². The number of aromatic nitrogens is 1. The molecule has 0 saturated heterocycles. The van der Waals surface area contributed by atoms with Gasteiger partial charge in [0.2, 0.25) is 0 Å². The number of hydrogen-bond donors (Lipinski definition) is 2. The molecule has 1 aromatic heterocycles. The summed E-state index contributed by atoms with van der Waals surface area (Å²) < 4.78 is 0. The van der Waals surface area contributed by atoms with Crippen LogP contribution in [0, 0.1) is 12.3 Å². The predicted molar refractivity (Wildman–Crippen MR) is 85.6 cm³/mol. The third-order valence-electron chi connectivity index (χ3n) is 4.27. The van der Waals surface area contributed by atoms with Crippen molar-refractivity contribution in [2.75, 3.05) is 11.9 Å². The lowest BCUT2D eigenvalue weighted by Crippen LogP contribution is -2.36. The Morgan fingerprint density at radius 3 is 2.57 bits per heavy atom. The van der Waals surface area contributed by atoms with Crippen LogP contribution in [0.5, 0.6) is 0 Å². The van der Waals surface area contributed by atoms with E-state index in [0.717, 1.165) is 22.3 Å². The summed E-state index contributed by atoms with van der Waals surface area (Å²) in [5.74, 6) is -0.741. The zero-order valence-electron chi connectivity index (χ0n) is 12.8. The number of aryl methyl sites for hydroxylation is 1. The van der Waals surface area contributed by atoms with Crippen molar-refractivity contribution in [2.24, 2.45) is 5.41 Å². The molecule has 0 amide bonds. The lowest BCUT2D eigenvalue weighted by molar-refractivity contribution is -0.148. The first kappa shape index (κ1) is 15.3. The number of carboxylic acids is 1. The van der Waals surface area contributed by atoms with E-state index < -0.39 is 11.4 Å². The summed E-state index contributed by atoms with van der Waals surface area (Å²) in [5, 5.41) is 13.9. The Morgan fingerprint density at radius 1 is 1.29 bits per heavy atom. The van der Waals surface area contributed by atoms with Crippen molar-refractivity contribution in [2.45, 2.75) is 33.6 Å². The molecule has 0 aliphatic heterocycles. The molecule has 0 unspecified atom stereocenters. The van der Waals surface area contributed by atoms with Gasteiger partial charge in [-0.25, -0.2) is 0 Å². The van der Waals surface area contributed by atoms with Crippen LogP contribution in [0.2, 0.25) is 0 Å².